The minimum atomic E-state index is -0.477. The van der Waals surface area contributed by atoms with E-state index in [0.717, 1.165) is 0 Å². The summed E-state index contributed by atoms with van der Waals surface area (Å²) in [4.78, 5) is 31.8. The van der Waals surface area contributed by atoms with Gasteiger partial charge in [0, 0.05) is 0 Å². The number of benzene rings is 2. The fraction of sp³-hybridized carbons (Fsp3) is 0.250. The van der Waals surface area contributed by atoms with Crippen LogP contribution in [0.4, 0.5) is 0 Å². The summed E-state index contributed by atoms with van der Waals surface area (Å²) >= 11 is 0. The second-order valence-electron chi connectivity index (χ2n) is 5.64. The number of methoxy groups -OCH3 is 1. The van der Waals surface area contributed by atoms with Crippen LogP contribution in [-0.2, 0) is 4.74 Å². The number of nitrogens with zero attached hydrogens (tertiary/aromatic N) is 1. The van der Waals surface area contributed by atoms with Crippen LogP contribution in [0.1, 0.15) is 24.2 Å². The first kappa shape index (κ1) is 18.4. The van der Waals surface area contributed by atoms with Gasteiger partial charge >= 0.3 is 5.97 Å². The Hall–Kier alpha value is -3.35. The summed E-state index contributed by atoms with van der Waals surface area (Å²) in [5.74, 6) is 0.941. The molecule has 1 heterocycles. The van der Waals surface area contributed by atoms with Crippen LogP contribution in [0, 0.1) is 0 Å². The molecule has 0 fully saturated rings. The Labute approximate surface area is 155 Å². The number of ether oxygens (including phenoxy) is 3. The van der Waals surface area contributed by atoms with E-state index in [9.17, 15) is 9.59 Å². The van der Waals surface area contributed by atoms with E-state index in [0.29, 0.717) is 46.0 Å². The molecular formula is C20H20N2O5. The molecule has 27 heavy (non-hydrogen) atoms. The number of carbonyl (C=O) groups excluding carboxylic acids is 1. The minimum Gasteiger partial charge on any atom is -0.493 e. The number of aromatic amines is 1. The summed E-state index contributed by atoms with van der Waals surface area (Å²) < 4.78 is 16.0. The lowest BCUT2D eigenvalue weighted by Gasteiger charge is -2.13. The molecule has 0 unspecified atom stereocenters. The monoisotopic (exact) mass is 368 g/mol. The van der Waals surface area contributed by atoms with Crippen molar-refractivity contribution >= 4 is 16.9 Å². The molecule has 1 aromatic heterocycles. The molecule has 0 aliphatic rings. The topological polar surface area (TPSA) is 90.5 Å². The van der Waals surface area contributed by atoms with Crippen LogP contribution in [0.5, 0.6) is 11.5 Å². The van der Waals surface area contributed by atoms with Crippen molar-refractivity contribution in [1.82, 2.24) is 9.97 Å². The van der Waals surface area contributed by atoms with Gasteiger partial charge in [-0.1, -0.05) is 6.07 Å². The summed E-state index contributed by atoms with van der Waals surface area (Å²) in [7, 11) is 1.55. The Morgan fingerprint density at radius 3 is 2.67 bits per heavy atom. The normalized spacial score (nSPS) is 10.6. The Morgan fingerprint density at radius 2 is 1.96 bits per heavy atom. The van der Waals surface area contributed by atoms with Crippen molar-refractivity contribution in [3.63, 3.8) is 0 Å². The molecule has 0 saturated heterocycles. The average Bonchev–Trinajstić information content (AvgIpc) is 2.68. The molecule has 0 radical (unpaired) electrons. The third kappa shape index (κ3) is 3.62. The van der Waals surface area contributed by atoms with Crippen molar-refractivity contribution in [1.29, 1.82) is 0 Å². The van der Waals surface area contributed by atoms with Crippen LogP contribution in [0.15, 0.2) is 41.2 Å². The maximum atomic E-state index is 12.6. The Kier molecular flexibility index (Phi) is 5.40. The molecular weight excluding hydrogens is 348 g/mol. The minimum absolute atomic E-state index is 0.264. The van der Waals surface area contributed by atoms with Crippen LogP contribution in [0.3, 0.4) is 0 Å². The summed E-state index contributed by atoms with van der Waals surface area (Å²) in [5, 5.41) is 0.310. The largest absolute Gasteiger partial charge is 0.493 e. The van der Waals surface area contributed by atoms with E-state index in [2.05, 4.69) is 9.97 Å². The fourth-order valence-corrected chi connectivity index (χ4v) is 2.76. The van der Waals surface area contributed by atoms with E-state index in [1.165, 1.54) is 6.07 Å². The van der Waals surface area contributed by atoms with Crippen molar-refractivity contribution in [2.75, 3.05) is 20.3 Å². The maximum Gasteiger partial charge on any atom is 0.338 e. The average molecular weight is 368 g/mol. The highest BCUT2D eigenvalue weighted by Gasteiger charge is 2.16. The highest BCUT2D eigenvalue weighted by atomic mass is 16.5. The molecule has 2 aromatic carbocycles. The Morgan fingerprint density at radius 1 is 1.15 bits per heavy atom. The van der Waals surface area contributed by atoms with Gasteiger partial charge in [0.2, 0.25) is 0 Å². The summed E-state index contributed by atoms with van der Waals surface area (Å²) in [6.07, 6.45) is 0. The van der Waals surface area contributed by atoms with Gasteiger partial charge in [-0.05, 0) is 44.2 Å². The number of aromatic nitrogens is 2. The first-order valence-electron chi connectivity index (χ1n) is 8.60. The van der Waals surface area contributed by atoms with Crippen molar-refractivity contribution in [3.8, 4) is 22.9 Å². The van der Waals surface area contributed by atoms with Gasteiger partial charge in [-0.3, -0.25) is 4.79 Å². The number of hydrogen-bond acceptors (Lipinski definition) is 6. The number of para-hydroxylation sites is 1. The number of fused-ring (bicyclic) bond motifs is 1. The van der Waals surface area contributed by atoms with Gasteiger partial charge in [0.05, 0.1) is 42.4 Å². The highest BCUT2D eigenvalue weighted by molar-refractivity contribution is 5.94. The molecule has 3 aromatic rings. The SMILES string of the molecule is CCOC(=O)c1ccc2nc(-c3cccc(OC)c3OCC)[nH]c(=O)c2c1. The third-order valence-electron chi connectivity index (χ3n) is 3.96. The molecule has 0 aliphatic heterocycles. The van der Waals surface area contributed by atoms with Crippen LogP contribution >= 0.6 is 0 Å². The molecule has 3 rings (SSSR count). The number of nitrogens with one attached hydrogen (secondary N) is 1. The number of hydrogen-bond donors (Lipinski definition) is 1. The lowest BCUT2D eigenvalue weighted by molar-refractivity contribution is 0.0526. The molecule has 0 spiro atoms. The number of esters is 1. The number of rotatable bonds is 6. The quantitative estimate of drug-likeness (QED) is 0.672. The van der Waals surface area contributed by atoms with Crippen molar-refractivity contribution < 1.29 is 19.0 Å². The summed E-state index contributed by atoms with van der Waals surface area (Å²) in [6.45, 7) is 4.29. The van der Waals surface area contributed by atoms with E-state index in [-0.39, 0.29) is 12.2 Å². The van der Waals surface area contributed by atoms with Gasteiger partial charge in [0.25, 0.3) is 5.56 Å². The molecule has 0 saturated carbocycles. The predicted molar refractivity (Wildman–Crippen MR) is 101 cm³/mol. The van der Waals surface area contributed by atoms with Crippen LogP contribution in [0.2, 0.25) is 0 Å². The zero-order valence-electron chi connectivity index (χ0n) is 15.4. The fourth-order valence-electron chi connectivity index (χ4n) is 2.76. The van der Waals surface area contributed by atoms with Crippen LogP contribution in [-0.4, -0.2) is 36.3 Å². The highest BCUT2D eigenvalue weighted by Crippen LogP contribution is 2.36. The zero-order valence-corrected chi connectivity index (χ0v) is 15.4. The van der Waals surface area contributed by atoms with Crippen molar-refractivity contribution in [3.05, 3.63) is 52.3 Å². The van der Waals surface area contributed by atoms with Gasteiger partial charge in [-0.15, -0.1) is 0 Å². The second kappa shape index (κ2) is 7.90. The zero-order chi connectivity index (χ0) is 19.4. The smallest absolute Gasteiger partial charge is 0.338 e. The van der Waals surface area contributed by atoms with Gasteiger partial charge in [-0.25, -0.2) is 9.78 Å². The van der Waals surface area contributed by atoms with E-state index in [1.807, 2.05) is 6.92 Å². The molecule has 140 valence electrons. The van der Waals surface area contributed by atoms with Crippen molar-refractivity contribution in [2.24, 2.45) is 0 Å². The van der Waals surface area contributed by atoms with Gasteiger partial charge in [0.1, 0.15) is 5.82 Å². The van der Waals surface area contributed by atoms with Gasteiger partial charge < -0.3 is 19.2 Å². The molecule has 0 bridgehead atoms. The Balaban J connectivity index is 2.14. The van der Waals surface area contributed by atoms with E-state index in [1.54, 1.807) is 44.4 Å². The standard InChI is InChI=1S/C20H20N2O5/c1-4-26-17-13(7-6-8-16(17)25-3)18-21-15-10-9-12(20(24)27-5-2)11-14(15)19(23)22-18/h6-11H,4-5H2,1-3H3,(H,21,22,23). The van der Waals surface area contributed by atoms with E-state index < -0.39 is 5.97 Å². The summed E-state index contributed by atoms with van der Waals surface area (Å²) in [6, 6.07) is 10.1. The first-order chi connectivity index (χ1) is 13.1. The van der Waals surface area contributed by atoms with E-state index in [4.69, 9.17) is 14.2 Å². The number of H-pyrrole nitrogens is 1. The van der Waals surface area contributed by atoms with Crippen molar-refractivity contribution in [2.45, 2.75) is 13.8 Å². The third-order valence-corrected chi connectivity index (χ3v) is 3.96. The lowest BCUT2D eigenvalue weighted by Crippen LogP contribution is -2.12. The maximum absolute atomic E-state index is 12.6. The summed E-state index contributed by atoms with van der Waals surface area (Å²) in [5.41, 5.74) is 1.03. The second-order valence-corrected chi connectivity index (χ2v) is 5.64. The van der Waals surface area contributed by atoms with E-state index >= 15 is 0 Å². The van der Waals surface area contributed by atoms with Crippen LogP contribution < -0.4 is 15.0 Å². The first-order valence-corrected chi connectivity index (χ1v) is 8.60. The molecule has 7 heteroatoms. The van der Waals surface area contributed by atoms with Gasteiger partial charge in [-0.2, -0.15) is 0 Å². The lowest BCUT2D eigenvalue weighted by atomic mass is 10.1. The Bertz CT molecular complexity index is 1040. The molecule has 0 amide bonds. The molecule has 7 nitrogen and oxygen atoms in total. The molecule has 0 aliphatic carbocycles. The molecule has 1 N–H and O–H groups in total. The number of carbonyl (C=O) groups is 1. The van der Waals surface area contributed by atoms with Gasteiger partial charge in [0.15, 0.2) is 11.5 Å². The predicted octanol–water partition coefficient (Wildman–Crippen LogP) is 3.17. The van der Waals surface area contributed by atoms with Crippen LogP contribution in [0.25, 0.3) is 22.3 Å². The molecule has 0 atom stereocenters.